The van der Waals surface area contributed by atoms with E-state index in [0.717, 1.165) is 28.0 Å². The number of hydrogen-bond acceptors (Lipinski definition) is 3. The summed E-state index contributed by atoms with van der Waals surface area (Å²) in [5, 5.41) is 0. The first kappa shape index (κ1) is 14.4. The van der Waals surface area contributed by atoms with Gasteiger partial charge in [0.2, 0.25) is 0 Å². The molecule has 0 radical (unpaired) electrons. The minimum Gasteiger partial charge on any atom is -0.489 e. The van der Waals surface area contributed by atoms with Crippen LogP contribution < -0.4 is 15.2 Å². The van der Waals surface area contributed by atoms with Crippen LogP contribution in [0.15, 0.2) is 40.9 Å². The zero-order valence-corrected chi connectivity index (χ0v) is 13.5. The van der Waals surface area contributed by atoms with Crippen LogP contribution >= 0.6 is 15.9 Å². The number of benzene rings is 2. The number of ether oxygens (including phenoxy) is 2. The Bertz CT molecular complexity index is 657. The number of rotatable bonds is 4. The molecule has 0 saturated carbocycles. The lowest BCUT2D eigenvalue weighted by Crippen LogP contribution is -2.22. The van der Waals surface area contributed by atoms with E-state index in [0.29, 0.717) is 13.2 Å². The Balaban J connectivity index is 1.62. The fourth-order valence-electron chi connectivity index (χ4n) is 2.51. The molecule has 0 bridgehead atoms. The van der Waals surface area contributed by atoms with E-state index in [-0.39, 0.29) is 6.10 Å². The summed E-state index contributed by atoms with van der Waals surface area (Å²) < 4.78 is 12.7. The molecule has 2 N–H and O–H groups in total. The van der Waals surface area contributed by atoms with Gasteiger partial charge in [-0.3, -0.25) is 0 Å². The Morgan fingerprint density at radius 1 is 1.29 bits per heavy atom. The Labute approximate surface area is 133 Å². The van der Waals surface area contributed by atoms with Crippen molar-refractivity contribution in [3.8, 4) is 11.5 Å². The van der Waals surface area contributed by atoms with Crippen molar-refractivity contribution in [2.24, 2.45) is 5.73 Å². The van der Waals surface area contributed by atoms with Gasteiger partial charge in [-0.1, -0.05) is 23.8 Å². The molecule has 0 fully saturated rings. The van der Waals surface area contributed by atoms with Crippen LogP contribution in [0.4, 0.5) is 0 Å². The number of fused-ring (bicyclic) bond motifs is 1. The molecule has 2 aromatic carbocycles. The Kier molecular flexibility index (Phi) is 4.17. The van der Waals surface area contributed by atoms with Crippen molar-refractivity contribution >= 4 is 15.9 Å². The maximum atomic E-state index is 5.91. The molecule has 3 nitrogen and oxygen atoms in total. The van der Waals surface area contributed by atoms with Gasteiger partial charge in [0, 0.05) is 13.0 Å². The minimum absolute atomic E-state index is 0.0721. The summed E-state index contributed by atoms with van der Waals surface area (Å²) in [4.78, 5) is 0. The third-order valence-corrected chi connectivity index (χ3v) is 4.23. The van der Waals surface area contributed by atoms with Crippen LogP contribution in [0, 0.1) is 6.92 Å². The summed E-state index contributed by atoms with van der Waals surface area (Å²) >= 11 is 3.51. The van der Waals surface area contributed by atoms with Crippen LogP contribution in [0.5, 0.6) is 11.5 Å². The van der Waals surface area contributed by atoms with Crippen molar-refractivity contribution in [2.45, 2.75) is 26.0 Å². The lowest BCUT2D eigenvalue weighted by molar-refractivity contribution is 0.148. The molecule has 1 unspecified atom stereocenters. The fraction of sp³-hybridized carbons (Fsp3) is 0.294. The fourth-order valence-corrected chi connectivity index (χ4v) is 3.05. The van der Waals surface area contributed by atoms with E-state index in [1.54, 1.807) is 0 Å². The molecule has 1 aliphatic rings. The average molecular weight is 348 g/mol. The zero-order valence-electron chi connectivity index (χ0n) is 11.9. The predicted octanol–water partition coefficient (Wildman–Crippen LogP) is 3.60. The van der Waals surface area contributed by atoms with Crippen molar-refractivity contribution < 1.29 is 9.47 Å². The molecule has 0 saturated heterocycles. The van der Waals surface area contributed by atoms with E-state index >= 15 is 0 Å². The molecule has 1 heterocycles. The summed E-state index contributed by atoms with van der Waals surface area (Å²) in [6.07, 6.45) is 0.970. The highest BCUT2D eigenvalue weighted by Gasteiger charge is 2.23. The van der Waals surface area contributed by atoms with Crippen LogP contribution in [0.25, 0.3) is 0 Å². The second-order valence-electron chi connectivity index (χ2n) is 5.34. The monoisotopic (exact) mass is 347 g/mol. The number of hydrogen-bond donors (Lipinski definition) is 1. The van der Waals surface area contributed by atoms with Gasteiger partial charge < -0.3 is 15.2 Å². The Hall–Kier alpha value is -1.52. The third-order valence-electron chi connectivity index (χ3n) is 3.61. The molecule has 0 aliphatic carbocycles. The van der Waals surface area contributed by atoms with Crippen molar-refractivity contribution in [1.82, 2.24) is 0 Å². The summed E-state index contributed by atoms with van der Waals surface area (Å²) in [5.41, 5.74) is 9.23. The van der Waals surface area contributed by atoms with Gasteiger partial charge in [-0.2, -0.15) is 0 Å². The second kappa shape index (κ2) is 6.08. The molecular formula is C17H18BrNO2. The molecule has 0 spiro atoms. The molecule has 4 heteroatoms. The molecular weight excluding hydrogens is 330 g/mol. The smallest absolute Gasteiger partial charge is 0.137 e. The van der Waals surface area contributed by atoms with Gasteiger partial charge in [0.25, 0.3) is 0 Å². The molecule has 3 rings (SSSR count). The van der Waals surface area contributed by atoms with Crippen molar-refractivity contribution in [3.63, 3.8) is 0 Å². The van der Waals surface area contributed by atoms with Gasteiger partial charge in [0.05, 0.1) is 4.47 Å². The lowest BCUT2D eigenvalue weighted by atomic mass is 10.1. The van der Waals surface area contributed by atoms with Gasteiger partial charge in [0.1, 0.15) is 24.2 Å². The largest absolute Gasteiger partial charge is 0.489 e. The van der Waals surface area contributed by atoms with Gasteiger partial charge in [-0.25, -0.2) is 0 Å². The molecule has 1 atom stereocenters. The van der Waals surface area contributed by atoms with Gasteiger partial charge in [0.15, 0.2) is 0 Å². The maximum Gasteiger partial charge on any atom is 0.137 e. The summed E-state index contributed by atoms with van der Waals surface area (Å²) in [5.74, 6) is 1.80. The van der Waals surface area contributed by atoms with E-state index in [2.05, 4.69) is 35.0 Å². The normalized spacial score (nSPS) is 16.4. The molecule has 0 amide bonds. The standard InChI is InChI=1S/C17H18BrNO2/c1-11-2-4-16-13(6-11)8-14(21-16)10-20-17-5-3-12(9-19)7-15(17)18/h2-7,14H,8-10,19H2,1H3. The lowest BCUT2D eigenvalue weighted by Gasteiger charge is -2.14. The Morgan fingerprint density at radius 3 is 2.90 bits per heavy atom. The van der Waals surface area contributed by atoms with Crippen molar-refractivity contribution in [1.29, 1.82) is 0 Å². The van der Waals surface area contributed by atoms with Gasteiger partial charge in [-0.15, -0.1) is 0 Å². The van der Waals surface area contributed by atoms with Gasteiger partial charge >= 0.3 is 0 Å². The summed E-state index contributed by atoms with van der Waals surface area (Å²) in [6.45, 7) is 3.16. The second-order valence-corrected chi connectivity index (χ2v) is 6.19. The molecule has 0 aromatic heterocycles. The van der Waals surface area contributed by atoms with E-state index < -0.39 is 0 Å². The molecule has 110 valence electrons. The SMILES string of the molecule is Cc1ccc2c(c1)CC(COc1ccc(CN)cc1Br)O2. The highest BCUT2D eigenvalue weighted by molar-refractivity contribution is 9.10. The van der Waals surface area contributed by atoms with Crippen LogP contribution in [-0.2, 0) is 13.0 Å². The highest BCUT2D eigenvalue weighted by atomic mass is 79.9. The summed E-state index contributed by atoms with van der Waals surface area (Å²) in [7, 11) is 0. The summed E-state index contributed by atoms with van der Waals surface area (Å²) in [6, 6.07) is 12.2. The number of aryl methyl sites for hydroxylation is 1. The van der Waals surface area contributed by atoms with Crippen LogP contribution in [0.1, 0.15) is 16.7 Å². The van der Waals surface area contributed by atoms with E-state index in [1.807, 2.05) is 24.3 Å². The minimum atomic E-state index is 0.0721. The van der Waals surface area contributed by atoms with E-state index in [1.165, 1.54) is 11.1 Å². The van der Waals surface area contributed by atoms with Crippen LogP contribution in [0.2, 0.25) is 0 Å². The van der Waals surface area contributed by atoms with Gasteiger partial charge in [-0.05, 0) is 52.2 Å². The number of nitrogens with two attached hydrogens (primary N) is 1. The third kappa shape index (κ3) is 3.22. The first-order valence-electron chi connectivity index (χ1n) is 7.03. The van der Waals surface area contributed by atoms with Crippen LogP contribution in [-0.4, -0.2) is 12.7 Å². The van der Waals surface area contributed by atoms with E-state index in [9.17, 15) is 0 Å². The zero-order chi connectivity index (χ0) is 14.8. The quantitative estimate of drug-likeness (QED) is 0.918. The van der Waals surface area contributed by atoms with Crippen molar-refractivity contribution in [3.05, 3.63) is 57.6 Å². The predicted molar refractivity (Wildman–Crippen MR) is 86.8 cm³/mol. The molecule has 1 aliphatic heterocycles. The van der Waals surface area contributed by atoms with Crippen LogP contribution in [0.3, 0.4) is 0 Å². The highest BCUT2D eigenvalue weighted by Crippen LogP contribution is 2.31. The average Bonchev–Trinajstić information content (AvgIpc) is 2.87. The molecule has 21 heavy (non-hydrogen) atoms. The van der Waals surface area contributed by atoms with Crippen molar-refractivity contribution in [2.75, 3.05) is 6.61 Å². The first-order valence-corrected chi connectivity index (χ1v) is 7.82. The Morgan fingerprint density at radius 2 is 2.14 bits per heavy atom. The maximum absolute atomic E-state index is 5.91. The topological polar surface area (TPSA) is 44.5 Å². The number of halogens is 1. The molecule has 2 aromatic rings. The van der Waals surface area contributed by atoms with E-state index in [4.69, 9.17) is 15.2 Å². The first-order chi connectivity index (χ1) is 10.2.